The zero-order valence-electron chi connectivity index (χ0n) is 24.0. The number of nitrogens with zero attached hydrogens (tertiary/aromatic N) is 7. The molecule has 218 valence electrons. The molecule has 0 unspecified atom stereocenters. The summed E-state index contributed by atoms with van der Waals surface area (Å²) in [6.45, 7) is 14.2. The van der Waals surface area contributed by atoms with Crippen molar-refractivity contribution >= 4 is 34.4 Å². The van der Waals surface area contributed by atoms with Crippen molar-refractivity contribution in [3.05, 3.63) is 75.5 Å². The predicted molar refractivity (Wildman–Crippen MR) is 160 cm³/mol. The van der Waals surface area contributed by atoms with Crippen LogP contribution in [0.3, 0.4) is 0 Å². The molecule has 5 rings (SSSR count). The first-order chi connectivity index (χ1) is 19.9. The van der Waals surface area contributed by atoms with Crippen LogP contribution in [0.25, 0.3) is 28.0 Å². The number of carbonyl (C=O) groups is 1. The Kier molecular flexibility index (Phi) is 7.72. The van der Waals surface area contributed by atoms with Crippen molar-refractivity contribution in [3.8, 4) is 22.7 Å². The number of aromatic hydroxyl groups is 1. The van der Waals surface area contributed by atoms with Crippen LogP contribution < -0.4 is 10.6 Å². The van der Waals surface area contributed by atoms with E-state index in [2.05, 4.69) is 21.5 Å². The van der Waals surface area contributed by atoms with E-state index in [1.165, 1.54) is 28.8 Å². The van der Waals surface area contributed by atoms with Gasteiger partial charge >= 0.3 is 5.69 Å². The van der Waals surface area contributed by atoms with Crippen LogP contribution in [-0.2, 0) is 4.79 Å². The van der Waals surface area contributed by atoms with E-state index in [0.717, 1.165) is 0 Å². The van der Waals surface area contributed by atoms with Crippen molar-refractivity contribution in [1.82, 2.24) is 29.4 Å². The quantitative estimate of drug-likeness (QED) is 0.332. The second kappa shape index (κ2) is 11.1. The summed E-state index contributed by atoms with van der Waals surface area (Å²) in [6.07, 6.45) is 1.28. The molecule has 0 radical (unpaired) electrons. The van der Waals surface area contributed by atoms with Gasteiger partial charge in [0.1, 0.15) is 23.2 Å². The van der Waals surface area contributed by atoms with E-state index in [0.29, 0.717) is 53.7 Å². The maximum absolute atomic E-state index is 15.0. The standard InChI is InChI=1S/C30H31ClFN7O3/c1-7-23(41)37-11-12-38(16(4)14-37)28-19-13-20(31)26(24-21(32)9-8-10-22(24)40)35-29(19)39(30(42)36-28)27-17(5)33-18(6)34-25(27)15(2)3/h7-10,13,15-16,40H,1,11-12,14H2,2-6H3/t16-/m0/s1. The molecular weight excluding hydrogens is 561 g/mol. The van der Waals surface area contributed by atoms with Crippen molar-refractivity contribution in [2.75, 3.05) is 24.5 Å². The third-order valence-corrected chi connectivity index (χ3v) is 7.67. The minimum absolute atomic E-state index is 0.0312. The minimum Gasteiger partial charge on any atom is -0.507 e. The number of piperazine rings is 1. The summed E-state index contributed by atoms with van der Waals surface area (Å²) in [4.78, 5) is 48.3. The molecule has 1 aliphatic rings. The number of phenolic OH excluding ortho intramolecular Hbond substituents is 1. The Morgan fingerprint density at radius 3 is 2.57 bits per heavy atom. The molecule has 1 aliphatic heterocycles. The molecule has 1 fully saturated rings. The van der Waals surface area contributed by atoms with Gasteiger partial charge in [0.05, 0.1) is 38.7 Å². The molecule has 10 nitrogen and oxygen atoms in total. The second-order valence-corrected chi connectivity index (χ2v) is 11.1. The number of aromatic nitrogens is 5. The molecule has 1 aromatic carbocycles. The Morgan fingerprint density at radius 1 is 1.19 bits per heavy atom. The van der Waals surface area contributed by atoms with Gasteiger partial charge in [0.2, 0.25) is 5.91 Å². The number of carbonyl (C=O) groups excluding carboxylic acids is 1. The maximum atomic E-state index is 15.0. The molecule has 1 N–H and O–H groups in total. The zero-order chi connectivity index (χ0) is 30.5. The normalized spacial score (nSPS) is 15.5. The van der Waals surface area contributed by atoms with Crippen molar-refractivity contribution in [2.45, 2.75) is 46.6 Å². The third-order valence-electron chi connectivity index (χ3n) is 7.38. The third kappa shape index (κ3) is 4.98. The number of halogens is 2. The smallest absolute Gasteiger partial charge is 0.355 e. The van der Waals surface area contributed by atoms with Crippen molar-refractivity contribution in [2.24, 2.45) is 0 Å². The van der Waals surface area contributed by atoms with E-state index in [4.69, 9.17) is 16.6 Å². The molecule has 0 saturated carbocycles. The molecule has 4 aromatic rings. The van der Waals surface area contributed by atoms with E-state index in [9.17, 15) is 14.7 Å². The van der Waals surface area contributed by atoms with Crippen LogP contribution in [0.1, 0.15) is 43.9 Å². The average Bonchev–Trinajstić information content (AvgIpc) is 2.93. The Labute approximate surface area is 247 Å². The lowest BCUT2D eigenvalue weighted by molar-refractivity contribution is -0.126. The molecule has 1 atom stereocenters. The largest absolute Gasteiger partial charge is 0.507 e. The fraction of sp³-hybridized carbons (Fsp3) is 0.333. The van der Waals surface area contributed by atoms with Gasteiger partial charge in [-0.25, -0.2) is 28.7 Å². The number of anilines is 1. The predicted octanol–water partition coefficient (Wildman–Crippen LogP) is 4.70. The summed E-state index contributed by atoms with van der Waals surface area (Å²) in [5.41, 5.74) is 0.893. The Hall–Kier alpha value is -4.38. The van der Waals surface area contributed by atoms with E-state index in [1.54, 1.807) is 24.8 Å². The summed E-state index contributed by atoms with van der Waals surface area (Å²) < 4.78 is 16.4. The topological polar surface area (TPSA) is 117 Å². The number of pyridine rings is 1. The molecule has 12 heteroatoms. The fourth-order valence-corrected chi connectivity index (χ4v) is 5.71. The number of rotatable bonds is 5. The van der Waals surface area contributed by atoms with Gasteiger partial charge in [-0.1, -0.05) is 38.1 Å². The SMILES string of the molecule is C=CC(=O)N1CCN(c2nc(=O)n(-c3c(C)nc(C)nc3C(C)C)c3nc(-c4c(O)cccc4F)c(Cl)cc23)[C@@H](C)C1. The molecule has 1 saturated heterocycles. The number of aryl methyl sites for hydroxylation is 2. The highest BCUT2D eigenvalue weighted by molar-refractivity contribution is 6.34. The van der Waals surface area contributed by atoms with Gasteiger partial charge in [0.15, 0.2) is 5.65 Å². The number of benzene rings is 1. The first kappa shape index (κ1) is 29.1. The first-order valence-electron chi connectivity index (χ1n) is 13.6. The van der Waals surface area contributed by atoms with Gasteiger partial charge in [-0.15, -0.1) is 0 Å². The van der Waals surface area contributed by atoms with Crippen LogP contribution in [0.15, 0.2) is 41.7 Å². The number of phenols is 1. The highest BCUT2D eigenvalue weighted by atomic mass is 35.5. The van der Waals surface area contributed by atoms with Crippen molar-refractivity contribution in [1.29, 1.82) is 0 Å². The first-order valence-corrected chi connectivity index (χ1v) is 13.9. The summed E-state index contributed by atoms with van der Waals surface area (Å²) in [5, 5.41) is 11.1. The molecule has 4 heterocycles. The lowest BCUT2D eigenvalue weighted by atomic mass is 10.1. The van der Waals surface area contributed by atoms with Gasteiger partial charge in [0.25, 0.3) is 0 Å². The molecule has 42 heavy (non-hydrogen) atoms. The lowest BCUT2D eigenvalue weighted by Gasteiger charge is -2.40. The van der Waals surface area contributed by atoms with Crippen LogP contribution in [0.5, 0.6) is 5.75 Å². The number of fused-ring (bicyclic) bond motifs is 1. The van der Waals surface area contributed by atoms with E-state index in [-0.39, 0.29) is 45.5 Å². The Balaban J connectivity index is 1.85. The van der Waals surface area contributed by atoms with Crippen molar-refractivity contribution in [3.63, 3.8) is 0 Å². The molecule has 0 bridgehead atoms. The van der Waals surface area contributed by atoms with E-state index < -0.39 is 11.5 Å². The van der Waals surface area contributed by atoms with Gasteiger partial charge in [-0.3, -0.25) is 4.79 Å². The molecule has 3 aromatic heterocycles. The summed E-state index contributed by atoms with van der Waals surface area (Å²) in [6, 6.07) is 5.28. The van der Waals surface area contributed by atoms with Gasteiger partial charge in [0, 0.05) is 25.7 Å². The molecule has 0 spiro atoms. The van der Waals surface area contributed by atoms with Crippen LogP contribution >= 0.6 is 11.6 Å². The van der Waals surface area contributed by atoms with Gasteiger partial charge in [-0.05, 0) is 51.0 Å². The van der Waals surface area contributed by atoms with Gasteiger partial charge in [-0.2, -0.15) is 4.98 Å². The number of hydrogen-bond acceptors (Lipinski definition) is 8. The monoisotopic (exact) mass is 591 g/mol. The second-order valence-electron chi connectivity index (χ2n) is 10.7. The molecule has 1 amide bonds. The number of amides is 1. The zero-order valence-corrected chi connectivity index (χ0v) is 24.8. The molecule has 0 aliphatic carbocycles. The summed E-state index contributed by atoms with van der Waals surface area (Å²) in [5.74, 6) is -0.442. The Morgan fingerprint density at radius 2 is 1.93 bits per heavy atom. The highest BCUT2D eigenvalue weighted by Crippen LogP contribution is 2.39. The number of hydrogen-bond donors (Lipinski definition) is 1. The van der Waals surface area contributed by atoms with Crippen LogP contribution in [-0.4, -0.2) is 66.1 Å². The van der Waals surface area contributed by atoms with Crippen LogP contribution in [0.4, 0.5) is 10.2 Å². The average molecular weight is 592 g/mol. The van der Waals surface area contributed by atoms with E-state index >= 15 is 4.39 Å². The maximum Gasteiger partial charge on any atom is 0.355 e. The highest BCUT2D eigenvalue weighted by Gasteiger charge is 2.31. The fourth-order valence-electron chi connectivity index (χ4n) is 5.46. The summed E-state index contributed by atoms with van der Waals surface area (Å²) in [7, 11) is 0. The van der Waals surface area contributed by atoms with Crippen LogP contribution in [0, 0.1) is 19.7 Å². The van der Waals surface area contributed by atoms with E-state index in [1.807, 2.05) is 25.7 Å². The molecular formula is C30H31ClFN7O3. The Bertz CT molecular complexity index is 1790. The van der Waals surface area contributed by atoms with Crippen molar-refractivity contribution < 1.29 is 14.3 Å². The van der Waals surface area contributed by atoms with Crippen LogP contribution in [0.2, 0.25) is 5.02 Å². The minimum atomic E-state index is -0.721. The van der Waals surface area contributed by atoms with Gasteiger partial charge < -0.3 is 14.9 Å². The lowest BCUT2D eigenvalue weighted by Crippen LogP contribution is -2.54. The summed E-state index contributed by atoms with van der Waals surface area (Å²) >= 11 is 6.72.